The third-order valence-corrected chi connectivity index (χ3v) is 8.77. The Labute approximate surface area is 242 Å². The zero-order valence-corrected chi connectivity index (χ0v) is 23.2. The molecule has 0 saturated carbocycles. The zero-order chi connectivity index (χ0) is 27.8. The highest BCUT2D eigenvalue weighted by molar-refractivity contribution is 6.19. The van der Waals surface area contributed by atoms with Crippen molar-refractivity contribution in [2.75, 3.05) is 11.9 Å². The second kappa shape index (κ2) is 8.82. The summed E-state index contributed by atoms with van der Waals surface area (Å²) < 4.78 is 6.90. The Morgan fingerprint density at radius 2 is 1.38 bits per heavy atom. The molecule has 7 aromatic rings. The second-order valence-electron chi connectivity index (χ2n) is 11.1. The molecule has 4 aromatic carbocycles. The number of hydrogen-bond acceptors (Lipinski definition) is 3. The molecule has 2 aliphatic rings. The van der Waals surface area contributed by atoms with Crippen LogP contribution in [0.15, 0.2) is 114 Å². The van der Waals surface area contributed by atoms with E-state index in [4.69, 9.17) is 9.98 Å². The SMILES string of the molecule is Cn1c(-n2c3ccccc3c3cc4c(cc32)c2ccccc2n4C2=CC=CCC2)nc2c1NCC(c1ccccc1)=N2. The number of nitrogens with one attached hydrogen (secondary N) is 1. The van der Waals surface area contributed by atoms with E-state index in [0.29, 0.717) is 6.54 Å². The van der Waals surface area contributed by atoms with E-state index in [-0.39, 0.29) is 0 Å². The van der Waals surface area contributed by atoms with E-state index in [1.54, 1.807) is 0 Å². The van der Waals surface area contributed by atoms with Crippen LogP contribution >= 0.6 is 0 Å². The van der Waals surface area contributed by atoms with Crippen LogP contribution in [0.25, 0.3) is 55.3 Å². The number of allylic oxidation sites excluding steroid dienone is 4. The lowest BCUT2D eigenvalue weighted by atomic mass is 10.1. The fraction of sp³-hybridized carbons (Fsp3) is 0.111. The number of nitrogens with zero attached hydrogens (tertiary/aromatic N) is 5. The number of rotatable bonds is 3. The van der Waals surface area contributed by atoms with E-state index in [2.05, 4.69) is 129 Å². The van der Waals surface area contributed by atoms with E-state index < -0.39 is 0 Å². The van der Waals surface area contributed by atoms with Gasteiger partial charge in [0.05, 0.1) is 34.3 Å². The van der Waals surface area contributed by atoms with Gasteiger partial charge in [-0.25, -0.2) is 4.99 Å². The van der Waals surface area contributed by atoms with Crippen LogP contribution in [0.1, 0.15) is 18.4 Å². The predicted molar refractivity (Wildman–Crippen MR) is 174 cm³/mol. The van der Waals surface area contributed by atoms with E-state index in [0.717, 1.165) is 52.7 Å². The zero-order valence-electron chi connectivity index (χ0n) is 23.2. The van der Waals surface area contributed by atoms with Crippen LogP contribution in [0.5, 0.6) is 0 Å². The summed E-state index contributed by atoms with van der Waals surface area (Å²) in [6.07, 6.45) is 8.79. The smallest absolute Gasteiger partial charge is 0.218 e. The lowest BCUT2D eigenvalue weighted by molar-refractivity contribution is 0.849. The average Bonchev–Trinajstić information content (AvgIpc) is 3.67. The molecule has 1 aliphatic heterocycles. The molecule has 0 atom stereocenters. The van der Waals surface area contributed by atoms with Crippen molar-refractivity contribution in [3.05, 3.63) is 115 Å². The lowest BCUT2D eigenvalue weighted by Crippen LogP contribution is -2.20. The molecule has 0 saturated heterocycles. The van der Waals surface area contributed by atoms with Gasteiger partial charge < -0.3 is 9.88 Å². The van der Waals surface area contributed by atoms with Crippen LogP contribution in [-0.4, -0.2) is 30.9 Å². The second-order valence-corrected chi connectivity index (χ2v) is 11.1. The first-order valence-corrected chi connectivity index (χ1v) is 14.5. The van der Waals surface area contributed by atoms with Gasteiger partial charge in [0.25, 0.3) is 0 Å². The Hall–Kier alpha value is -5.36. The molecule has 9 rings (SSSR count). The summed E-state index contributed by atoms with van der Waals surface area (Å²) in [6, 6.07) is 32.5. The number of hydrogen-bond donors (Lipinski definition) is 1. The van der Waals surface area contributed by atoms with Crippen molar-refractivity contribution < 1.29 is 0 Å². The van der Waals surface area contributed by atoms with Crippen LogP contribution in [0.2, 0.25) is 0 Å². The fourth-order valence-electron chi connectivity index (χ4n) is 6.81. The largest absolute Gasteiger partial charge is 0.363 e. The summed E-state index contributed by atoms with van der Waals surface area (Å²) >= 11 is 0. The monoisotopic (exact) mass is 544 g/mol. The molecular formula is C36H28N6. The lowest BCUT2D eigenvalue weighted by Gasteiger charge is -2.15. The minimum absolute atomic E-state index is 0.661. The molecule has 0 bridgehead atoms. The van der Waals surface area contributed by atoms with Gasteiger partial charge in [0.1, 0.15) is 0 Å². The van der Waals surface area contributed by atoms with Crippen LogP contribution in [0.4, 0.5) is 11.6 Å². The summed E-state index contributed by atoms with van der Waals surface area (Å²) in [5, 5.41) is 8.54. The highest BCUT2D eigenvalue weighted by atomic mass is 15.3. The number of fused-ring (bicyclic) bond motifs is 7. The fourth-order valence-corrected chi connectivity index (χ4v) is 6.81. The Balaban J connectivity index is 1.33. The molecule has 0 unspecified atom stereocenters. The third-order valence-electron chi connectivity index (χ3n) is 8.77. The molecule has 6 heteroatoms. The molecule has 6 nitrogen and oxygen atoms in total. The summed E-state index contributed by atoms with van der Waals surface area (Å²) in [6.45, 7) is 0.661. The number of benzene rings is 4. The molecule has 0 amide bonds. The van der Waals surface area contributed by atoms with Crippen molar-refractivity contribution in [2.45, 2.75) is 12.8 Å². The van der Waals surface area contributed by atoms with Crippen LogP contribution in [0.3, 0.4) is 0 Å². The maximum Gasteiger partial charge on any atom is 0.218 e. The molecule has 3 aromatic heterocycles. The molecule has 42 heavy (non-hydrogen) atoms. The Kier molecular flexibility index (Phi) is 4.90. The summed E-state index contributed by atoms with van der Waals surface area (Å²) in [4.78, 5) is 10.2. The van der Waals surface area contributed by atoms with Crippen molar-refractivity contribution in [3.63, 3.8) is 0 Å². The van der Waals surface area contributed by atoms with Crippen molar-refractivity contribution >= 4 is 66.7 Å². The van der Waals surface area contributed by atoms with Crippen molar-refractivity contribution in [2.24, 2.45) is 12.0 Å². The third kappa shape index (κ3) is 3.26. The molecule has 4 heterocycles. The first-order chi connectivity index (χ1) is 20.8. The van der Waals surface area contributed by atoms with Gasteiger partial charge in [-0.2, -0.15) is 4.98 Å². The van der Waals surface area contributed by atoms with Gasteiger partial charge in [-0.05, 0) is 48.7 Å². The molecular weight excluding hydrogens is 516 g/mol. The quantitative estimate of drug-likeness (QED) is 0.243. The van der Waals surface area contributed by atoms with Gasteiger partial charge in [0, 0.05) is 34.3 Å². The van der Waals surface area contributed by atoms with Crippen molar-refractivity contribution in [1.82, 2.24) is 18.7 Å². The number of aliphatic imine (C=N–C) groups is 1. The van der Waals surface area contributed by atoms with Gasteiger partial charge >= 0.3 is 0 Å². The minimum atomic E-state index is 0.661. The van der Waals surface area contributed by atoms with Gasteiger partial charge in [-0.1, -0.05) is 78.9 Å². The normalized spacial score (nSPS) is 14.9. The first kappa shape index (κ1) is 23.4. The number of imidazole rings is 1. The van der Waals surface area contributed by atoms with Gasteiger partial charge in [-0.3, -0.25) is 9.13 Å². The van der Waals surface area contributed by atoms with Gasteiger partial charge in [0.15, 0.2) is 11.6 Å². The minimum Gasteiger partial charge on any atom is -0.363 e. The van der Waals surface area contributed by atoms with E-state index >= 15 is 0 Å². The molecule has 1 N–H and O–H groups in total. The summed E-state index contributed by atoms with van der Waals surface area (Å²) in [5.74, 6) is 2.50. The van der Waals surface area contributed by atoms with Gasteiger partial charge in [-0.15, -0.1) is 0 Å². The highest BCUT2D eigenvalue weighted by Gasteiger charge is 2.25. The van der Waals surface area contributed by atoms with Crippen LogP contribution in [0, 0.1) is 0 Å². The van der Waals surface area contributed by atoms with Crippen LogP contribution < -0.4 is 5.32 Å². The maximum absolute atomic E-state index is 5.14. The van der Waals surface area contributed by atoms with Crippen LogP contribution in [-0.2, 0) is 7.05 Å². The van der Waals surface area contributed by atoms with Crippen molar-refractivity contribution in [3.8, 4) is 5.95 Å². The predicted octanol–water partition coefficient (Wildman–Crippen LogP) is 8.36. The Morgan fingerprint density at radius 3 is 2.10 bits per heavy atom. The first-order valence-electron chi connectivity index (χ1n) is 14.5. The topological polar surface area (TPSA) is 52.1 Å². The molecule has 0 spiro atoms. The standard InChI is InChI=1S/C36H28N6/c1-40-35-34(38-29(22-37-35)23-12-4-2-5-13-23)39-36(40)42-31-19-11-9-17-26(31)28-20-32-27(21-33(28)42)25-16-8-10-18-30(25)41(32)24-14-6-3-7-15-24/h2-6,8-14,16-21,37H,7,15,22H2,1H3. The summed E-state index contributed by atoms with van der Waals surface area (Å²) in [7, 11) is 2.07. The number of para-hydroxylation sites is 2. The summed E-state index contributed by atoms with van der Waals surface area (Å²) in [5.41, 5.74) is 8.21. The van der Waals surface area contributed by atoms with E-state index in [1.807, 2.05) is 6.07 Å². The molecule has 1 aliphatic carbocycles. The Morgan fingerprint density at radius 1 is 0.714 bits per heavy atom. The molecule has 0 radical (unpaired) electrons. The van der Waals surface area contributed by atoms with E-state index in [9.17, 15) is 0 Å². The number of anilines is 1. The Bertz CT molecular complexity index is 2310. The van der Waals surface area contributed by atoms with Crippen molar-refractivity contribution in [1.29, 1.82) is 0 Å². The van der Waals surface area contributed by atoms with E-state index in [1.165, 1.54) is 38.3 Å². The number of aromatic nitrogens is 4. The van der Waals surface area contributed by atoms with Gasteiger partial charge in [0.2, 0.25) is 5.95 Å². The maximum atomic E-state index is 5.14. The highest BCUT2D eigenvalue weighted by Crippen LogP contribution is 2.41. The average molecular weight is 545 g/mol. The molecule has 202 valence electrons. The molecule has 0 fully saturated rings.